The molecule has 0 amide bonds. The van der Waals surface area contributed by atoms with Gasteiger partial charge in [0.25, 0.3) is 0 Å². The Hall–Kier alpha value is -2.42. The summed E-state index contributed by atoms with van der Waals surface area (Å²) >= 11 is 0. The maximum atomic E-state index is 11.6. The second-order valence-corrected chi connectivity index (χ2v) is 4.35. The van der Waals surface area contributed by atoms with E-state index in [-0.39, 0.29) is 5.78 Å². The molecule has 0 spiro atoms. The number of benzene rings is 1. The molecular formula is C16H13NO2. The molecule has 3 nitrogen and oxygen atoms in total. The van der Waals surface area contributed by atoms with E-state index in [2.05, 4.69) is 4.98 Å². The lowest BCUT2D eigenvalue weighted by Crippen LogP contribution is -1.92. The lowest BCUT2D eigenvalue weighted by Gasteiger charge is -2.00. The zero-order valence-electron chi connectivity index (χ0n) is 10.6. The first kappa shape index (κ1) is 11.7. The van der Waals surface area contributed by atoms with Crippen molar-refractivity contribution in [1.82, 2.24) is 4.98 Å². The first-order chi connectivity index (χ1) is 9.28. The van der Waals surface area contributed by atoms with Gasteiger partial charge >= 0.3 is 0 Å². The van der Waals surface area contributed by atoms with Crippen LogP contribution in [0.1, 0.15) is 23.9 Å². The molecule has 1 aromatic carbocycles. The molecule has 0 saturated carbocycles. The van der Waals surface area contributed by atoms with Crippen LogP contribution in [0, 0.1) is 0 Å². The van der Waals surface area contributed by atoms with Gasteiger partial charge in [-0.15, -0.1) is 0 Å². The van der Waals surface area contributed by atoms with Crippen molar-refractivity contribution in [2.24, 2.45) is 0 Å². The van der Waals surface area contributed by atoms with Crippen molar-refractivity contribution in [1.29, 1.82) is 0 Å². The van der Waals surface area contributed by atoms with Crippen LogP contribution in [0.5, 0.6) is 0 Å². The Labute approximate surface area is 110 Å². The minimum atomic E-state index is 0.0219. The van der Waals surface area contributed by atoms with Gasteiger partial charge in [-0.3, -0.25) is 9.78 Å². The summed E-state index contributed by atoms with van der Waals surface area (Å²) in [6, 6.07) is 13.4. The lowest BCUT2D eigenvalue weighted by molar-refractivity contribution is 0.0962. The van der Waals surface area contributed by atoms with Crippen molar-refractivity contribution >= 4 is 16.7 Å². The summed E-state index contributed by atoms with van der Waals surface area (Å²) in [5, 5.41) is 1.06. The second kappa shape index (κ2) is 4.69. The van der Waals surface area contributed by atoms with Crippen LogP contribution in [0.25, 0.3) is 22.2 Å². The van der Waals surface area contributed by atoms with E-state index in [1.165, 1.54) is 0 Å². The average Bonchev–Trinajstić information content (AvgIpc) is 2.95. The Balaban J connectivity index is 2.04. The van der Waals surface area contributed by atoms with Crippen molar-refractivity contribution in [3.8, 4) is 11.3 Å². The molecule has 3 rings (SSSR count). The quantitative estimate of drug-likeness (QED) is 0.658. The minimum absolute atomic E-state index is 0.0219. The third kappa shape index (κ3) is 2.15. The largest absolute Gasteiger partial charge is 0.453 e. The fraction of sp³-hybridized carbons (Fsp3) is 0.125. The van der Waals surface area contributed by atoms with Gasteiger partial charge in [0, 0.05) is 23.6 Å². The maximum absolute atomic E-state index is 11.6. The molecule has 2 aromatic heterocycles. The van der Waals surface area contributed by atoms with Crippen molar-refractivity contribution in [2.45, 2.75) is 13.3 Å². The number of furan rings is 1. The van der Waals surface area contributed by atoms with Crippen molar-refractivity contribution in [3.63, 3.8) is 0 Å². The number of hydrogen-bond donors (Lipinski definition) is 0. The Morgan fingerprint density at radius 1 is 1.21 bits per heavy atom. The molecule has 2 heterocycles. The molecule has 19 heavy (non-hydrogen) atoms. The molecule has 0 fully saturated rings. The molecule has 0 N–H and O–H groups in total. The van der Waals surface area contributed by atoms with E-state index in [0.717, 1.165) is 16.5 Å². The van der Waals surface area contributed by atoms with E-state index < -0.39 is 0 Å². The van der Waals surface area contributed by atoms with Crippen LogP contribution in [0.4, 0.5) is 0 Å². The van der Waals surface area contributed by atoms with E-state index in [4.69, 9.17) is 4.42 Å². The fourth-order valence-electron chi connectivity index (χ4n) is 2.05. The summed E-state index contributed by atoms with van der Waals surface area (Å²) in [7, 11) is 0. The summed E-state index contributed by atoms with van der Waals surface area (Å²) in [4.78, 5) is 15.8. The van der Waals surface area contributed by atoms with Crippen LogP contribution >= 0.6 is 0 Å². The highest BCUT2D eigenvalue weighted by molar-refractivity contribution is 5.94. The maximum Gasteiger partial charge on any atom is 0.197 e. The summed E-state index contributed by atoms with van der Waals surface area (Å²) in [5.74, 6) is 1.15. The van der Waals surface area contributed by atoms with Crippen molar-refractivity contribution in [3.05, 3.63) is 54.4 Å². The van der Waals surface area contributed by atoms with Crippen LogP contribution in [-0.2, 0) is 0 Å². The molecule has 3 aromatic rings. The molecule has 0 aliphatic rings. The Kier molecular flexibility index (Phi) is 2.88. The van der Waals surface area contributed by atoms with Gasteiger partial charge in [0.15, 0.2) is 11.5 Å². The van der Waals surface area contributed by atoms with E-state index >= 15 is 0 Å². The van der Waals surface area contributed by atoms with E-state index in [9.17, 15) is 4.79 Å². The van der Waals surface area contributed by atoms with Gasteiger partial charge in [0.1, 0.15) is 5.76 Å². The number of pyridine rings is 1. The zero-order chi connectivity index (χ0) is 13.2. The summed E-state index contributed by atoms with van der Waals surface area (Å²) in [5.41, 5.74) is 1.90. The normalized spacial score (nSPS) is 10.8. The molecule has 0 saturated heterocycles. The molecule has 94 valence electrons. The molecule has 0 radical (unpaired) electrons. The number of nitrogens with zero attached hydrogens (tertiary/aromatic N) is 1. The molecule has 0 aliphatic carbocycles. The van der Waals surface area contributed by atoms with Crippen LogP contribution in [0.3, 0.4) is 0 Å². The van der Waals surface area contributed by atoms with Gasteiger partial charge in [-0.1, -0.05) is 13.0 Å². The number of rotatable bonds is 3. The number of carbonyl (C=O) groups is 1. The van der Waals surface area contributed by atoms with Gasteiger partial charge in [-0.25, -0.2) is 0 Å². The lowest BCUT2D eigenvalue weighted by atomic mass is 10.1. The fourth-order valence-corrected chi connectivity index (χ4v) is 2.05. The number of hydrogen-bond acceptors (Lipinski definition) is 3. The number of fused-ring (bicyclic) bond motifs is 1. The average molecular weight is 251 g/mol. The third-order valence-electron chi connectivity index (χ3n) is 3.09. The second-order valence-electron chi connectivity index (χ2n) is 4.35. The highest BCUT2D eigenvalue weighted by atomic mass is 16.3. The smallest absolute Gasteiger partial charge is 0.197 e. The van der Waals surface area contributed by atoms with Crippen molar-refractivity contribution < 1.29 is 9.21 Å². The SMILES string of the molecule is CCC(=O)c1ccc(-c2ccc3ncccc3c2)o1. The minimum Gasteiger partial charge on any atom is -0.453 e. The van der Waals surface area contributed by atoms with Crippen molar-refractivity contribution in [2.75, 3.05) is 0 Å². The monoisotopic (exact) mass is 251 g/mol. The van der Waals surface area contributed by atoms with Crippen LogP contribution in [0.2, 0.25) is 0 Å². The molecule has 0 atom stereocenters. The third-order valence-corrected chi connectivity index (χ3v) is 3.09. The first-order valence-electron chi connectivity index (χ1n) is 6.26. The van der Waals surface area contributed by atoms with Gasteiger partial charge in [-0.05, 0) is 36.4 Å². The Morgan fingerprint density at radius 3 is 2.95 bits per heavy atom. The molecular weight excluding hydrogens is 238 g/mol. The van der Waals surface area contributed by atoms with Gasteiger partial charge in [-0.2, -0.15) is 0 Å². The highest BCUT2D eigenvalue weighted by Crippen LogP contribution is 2.25. The predicted octanol–water partition coefficient (Wildman–Crippen LogP) is 4.09. The van der Waals surface area contributed by atoms with Crippen LogP contribution in [-0.4, -0.2) is 10.8 Å². The standard InChI is InChI=1S/C16H13NO2/c1-2-14(18)16-8-7-15(19-16)12-5-6-13-11(10-12)4-3-9-17-13/h3-10H,2H2,1H3. The number of carbonyl (C=O) groups excluding carboxylic acids is 1. The Bertz CT molecular complexity index is 743. The molecule has 0 aliphatic heterocycles. The zero-order valence-corrected chi connectivity index (χ0v) is 10.6. The van der Waals surface area contributed by atoms with Gasteiger partial charge in [0.05, 0.1) is 5.52 Å². The first-order valence-corrected chi connectivity index (χ1v) is 6.26. The molecule has 0 unspecified atom stereocenters. The summed E-state index contributed by atoms with van der Waals surface area (Å²) in [6.45, 7) is 1.83. The number of Topliss-reactive ketones (excluding diaryl/α,β-unsaturated/α-hetero) is 1. The van der Waals surface area contributed by atoms with Gasteiger partial charge in [0.2, 0.25) is 0 Å². The molecule has 3 heteroatoms. The van der Waals surface area contributed by atoms with Crippen LogP contribution in [0.15, 0.2) is 53.1 Å². The van der Waals surface area contributed by atoms with E-state index in [1.807, 2.05) is 43.3 Å². The number of aromatic nitrogens is 1. The Morgan fingerprint density at radius 2 is 2.11 bits per heavy atom. The van der Waals surface area contributed by atoms with E-state index in [0.29, 0.717) is 17.9 Å². The van der Waals surface area contributed by atoms with Gasteiger partial charge < -0.3 is 4.42 Å². The summed E-state index contributed by atoms with van der Waals surface area (Å²) in [6.07, 6.45) is 2.22. The number of ketones is 1. The molecule has 0 bridgehead atoms. The van der Waals surface area contributed by atoms with Crippen LogP contribution < -0.4 is 0 Å². The predicted molar refractivity (Wildman–Crippen MR) is 74.1 cm³/mol. The topological polar surface area (TPSA) is 43.1 Å². The summed E-state index contributed by atoms with van der Waals surface area (Å²) < 4.78 is 5.60. The van der Waals surface area contributed by atoms with E-state index in [1.54, 1.807) is 12.3 Å². The highest BCUT2D eigenvalue weighted by Gasteiger charge is 2.10.